The Morgan fingerprint density at radius 3 is 2.38 bits per heavy atom. The number of nitrogens with one attached hydrogen (secondary N) is 1. The van der Waals surface area contributed by atoms with Crippen LogP contribution < -0.4 is 5.32 Å². The highest BCUT2D eigenvalue weighted by Gasteiger charge is 2.13. The lowest BCUT2D eigenvalue weighted by atomic mass is 10.1. The fourth-order valence-corrected chi connectivity index (χ4v) is 3.09. The second-order valence-electron chi connectivity index (χ2n) is 7.10. The molecule has 0 aliphatic heterocycles. The van der Waals surface area contributed by atoms with Gasteiger partial charge in [-0.2, -0.15) is 0 Å². The third-order valence-electron chi connectivity index (χ3n) is 4.87. The van der Waals surface area contributed by atoms with Crippen molar-refractivity contribution < 1.29 is 4.79 Å². The van der Waals surface area contributed by atoms with Crippen molar-refractivity contribution in [3.05, 3.63) is 72.1 Å². The standard InChI is InChI=1S/C24H28N4O/c1-4-6-15-28(5-2)24(29)20-11-13-21(14-12-20)27-23-16-22(25-17-26-23)19-9-7-18(3)8-10-19/h7-14,16-17H,4-6,15H2,1-3H3,(H,25,26,27). The van der Waals surface area contributed by atoms with E-state index < -0.39 is 0 Å². The van der Waals surface area contributed by atoms with Crippen LogP contribution in [0.3, 0.4) is 0 Å². The van der Waals surface area contributed by atoms with E-state index in [0.29, 0.717) is 11.4 Å². The van der Waals surface area contributed by atoms with Crippen molar-refractivity contribution >= 4 is 17.4 Å². The zero-order valence-electron chi connectivity index (χ0n) is 17.4. The average Bonchev–Trinajstić information content (AvgIpc) is 2.75. The second kappa shape index (κ2) is 9.82. The van der Waals surface area contributed by atoms with Crippen LogP contribution in [0.25, 0.3) is 11.3 Å². The van der Waals surface area contributed by atoms with Gasteiger partial charge in [0.2, 0.25) is 0 Å². The maximum atomic E-state index is 12.7. The van der Waals surface area contributed by atoms with E-state index in [-0.39, 0.29) is 5.91 Å². The number of unbranched alkanes of at least 4 members (excludes halogenated alkanes) is 1. The summed E-state index contributed by atoms with van der Waals surface area (Å²) in [6.45, 7) is 7.74. The minimum atomic E-state index is 0.0798. The largest absolute Gasteiger partial charge is 0.340 e. The van der Waals surface area contributed by atoms with E-state index >= 15 is 0 Å². The molecular formula is C24H28N4O. The molecule has 3 aromatic rings. The van der Waals surface area contributed by atoms with E-state index in [1.807, 2.05) is 42.2 Å². The fraction of sp³-hybridized carbons (Fsp3) is 0.292. The first-order valence-electron chi connectivity index (χ1n) is 10.2. The third-order valence-corrected chi connectivity index (χ3v) is 4.87. The average molecular weight is 389 g/mol. The van der Waals surface area contributed by atoms with Crippen molar-refractivity contribution in [3.8, 4) is 11.3 Å². The first-order valence-corrected chi connectivity index (χ1v) is 10.2. The summed E-state index contributed by atoms with van der Waals surface area (Å²) in [5.74, 6) is 0.795. The third kappa shape index (κ3) is 5.41. The van der Waals surface area contributed by atoms with Gasteiger partial charge in [0.1, 0.15) is 12.1 Å². The molecule has 5 heteroatoms. The normalized spacial score (nSPS) is 10.6. The Labute approximate surface area is 172 Å². The molecule has 2 aromatic carbocycles. The van der Waals surface area contributed by atoms with Crippen molar-refractivity contribution in [2.24, 2.45) is 0 Å². The van der Waals surface area contributed by atoms with Crippen LogP contribution in [0.5, 0.6) is 0 Å². The Hall–Kier alpha value is -3.21. The number of nitrogens with zero attached hydrogens (tertiary/aromatic N) is 3. The van der Waals surface area contributed by atoms with Crippen molar-refractivity contribution in [2.75, 3.05) is 18.4 Å². The van der Waals surface area contributed by atoms with Crippen LogP contribution in [0, 0.1) is 6.92 Å². The van der Waals surface area contributed by atoms with Crippen LogP contribution >= 0.6 is 0 Å². The van der Waals surface area contributed by atoms with Crippen LogP contribution in [-0.4, -0.2) is 33.9 Å². The summed E-state index contributed by atoms with van der Waals surface area (Å²) in [4.78, 5) is 23.2. The molecule has 29 heavy (non-hydrogen) atoms. The molecule has 0 unspecified atom stereocenters. The molecule has 0 saturated heterocycles. The van der Waals surface area contributed by atoms with Gasteiger partial charge in [0.05, 0.1) is 5.69 Å². The van der Waals surface area contributed by atoms with Crippen molar-refractivity contribution in [3.63, 3.8) is 0 Å². The first kappa shape index (κ1) is 20.5. The SMILES string of the molecule is CCCCN(CC)C(=O)c1ccc(Nc2cc(-c3ccc(C)cc3)ncn2)cc1. The van der Waals surface area contributed by atoms with Crippen molar-refractivity contribution in [1.29, 1.82) is 0 Å². The molecule has 5 nitrogen and oxygen atoms in total. The van der Waals surface area contributed by atoms with E-state index in [2.05, 4.69) is 53.4 Å². The van der Waals surface area contributed by atoms with Gasteiger partial charge in [0, 0.05) is 36.0 Å². The van der Waals surface area contributed by atoms with Gasteiger partial charge in [-0.3, -0.25) is 4.79 Å². The molecule has 0 spiro atoms. The van der Waals surface area contributed by atoms with Gasteiger partial charge in [-0.05, 0) is 44.5 Å². The summed E-state index contributed by atoms with van der Waals surface area (Å²) in [6, 6.07) is 17.7. The van der Waals surface area contributed by atoms with Crippen molar-refractivity contribution in [1.82, 2.24) is 14.9 Å². The number of benzene rings is 2. The van der Waals surface area contributed by atoms with Gasteiger partial charge in [-0.1, -0.05) is 43.2 Å². The Morgan fingerprint density at radius 1 is 1.00 bits per heavy atom. The Kier molecular flexibility index (Phi) is 6.95. The number of amides is 1. The zero-order valence-corrected chi connectivity index (χ0v) is 17.4. The molecule has 0 fully saturated rings. The first-order chi connectivity index (χ1) is 14.1. The molecule has 0 aliphatic carbocycles. The monoisotopic (exact) mass is 388 g/mol. The second-order valence-corrected chi connectivity index (χ2v) is 7.10. The molecular weight excluding hydrogens is 360 g/mol. The van der Waals surface area contributed by atoms with Crippen LogP contribution in [0.15, 0.2) is 60.9 Å². The van der Waals surface area contributed by atoms with Crippen LogP contribution in [0.1, 0.15) is 42.6 Å². The van der Waals surface area contributed by atoms with Crippen LogP contribution in [-0.2, 0) is 0 Å². The Morgan fingerprint density at radius 2 is 1.72 bits per heavy atom. The van der Waals surface area contributed by atoms with E-state index in [1.54, 1.807) is 6.33 Å². The van der Waals surface area contributed by atoms with E-state index in [9.17, 15) is 4.79 Å². The molecule has 0 bridgehead atoms. The predicted molar refractivity (Wildman–Crippen MR) is 118 cm³/mol. The summed E-state index contributed by atoms with van der Waals surface area (Å²) < 4.78 is 0. The molecule has 0 aliphatic rings. The zero-order chi connectivity index (χ0) is 20.6. The highest BCUT2D eigenvalue weighted by Crippen LogP contribution is 2.22. The van der Waals surface area contributed by atoms with Crippen LogP contribution in [0.4, 0.5) is 11.5 Å². The molecule has 1 heterocycles. The minimum Gasteiger partial charge on any atom is -0.340 e. The minimum absolute atomic E-state index is 0.0798. The molecule has 1 N–H and O–H groups in total. The lowest BCUT2D eigenvalue weighted by molar-refractivity contribution is 0.0762. The van der Waals surface area contributed by atoms with Gasteiger partial charge < -0.3 is 10.2 Å². The van der Waals surface area contributed by atoms with Crippen molar-refractivity contribution in [2.45, 2.75) is 33.6 Å². The molecule has 1 amide bonds. The van der Waals surface area contributed by atoms with Gasteiger partial charge in [0.25, 0.3) is 5.91 Å². The molecule has 150 valence electrons. The number of hydrogen-bond donors (Lipinski definition) is 1. The van der Waals surface area contributed by atoms with Gasteiger partial charge in [0.15, 0.2) is 0 Å². The lowest BCUT2D eigenvalue weighted by Gasteiger charge is -2.20. The number of hydrogen-bond acceptors (Lipinski definition) is 4. The number of carbonyl (C=O) groups is 1. The Bertz CT molecular complexity index is 936. The summed E-state index contributed by atoms with van der Waals surface area (Å²) in [6.07, 6.45) is 3.66. The maximum absolute atomic E-state index is 12.7. The molecule has 0 atom stereocenters. The number of aromatic nitrogens is 2. The molecule has 1 aromatic heterocycles. The molecule has 3 rings (SSSR count). The lowest BCUT2D eigenvalue weighted by Crippen LogP contribution is -2.31. The van der Waals surface area contributed by atoms with E-state index in [1.165, 1.54) is 5.56 Å². The summed E-state index contributed by atoms with van der Waals surface area (Å²) >= 11 is 0. The smallest absolute Gasteiger partial charge is 0.253 e. The quantitative estimate of drug-likeness (QED) is 0.557. The van der Waals surface area contributed by atoms with Gasteiger partial charge in [-0.15, -0.1) is 0 Å². The fourth-order valence-electron chi connectivity index (χ4n) is 3.09. The van der Waals surface area contributed by atoms with E-state index in [0.717, 1.165) is 42.9 Å². The summed E-state index contributed by atoms with van der Waals surface area (Å²) in [7, 11) is 0. The van der Waals surface area contributed by atoms with E-state index in [4.69, 9.17) is 0 Å². The summed E-state index contributed by atoms with van der Waals surface area (Å²) in [5.41, 5.74) is 4.72. The predicted octanol–water partition coefficient (Wildman–Crippen LogP) is 5.46. The number of anilines is 2. The Balaban J connectivity index is 1.70. The highest BCUT2D eigenvalue weighted by molar-refractivity contribution is 5.94. The molecule has 0 saturated carbocycles. The van der Waals surface area contributed by atoms with Crippen LogP contribution in [0.2, 0.25) is 0 Å². The van der Waals surface area contributed by atoms with Gasteiger partial charge >= 0.3 is 0 Å². The maximum Gasteiger partial charge on any atom is 0.253 e. The number of rotatable bonds is 8. The topological polar surface area (TPSA) is 58.1 Å². The van der Waals surface area contributed by atoms with Gasteiger partial charge in [-0.25, -0.2) is 9.97 Å². The highest BCUT2D eigenvalue weighted by atomic mass is 16.2. The number of aryl methyl sites for hydroxylation is 1. The summed E-state index contributed by atoms with van der Waals surface area (Å²) in [5, 5.41) is 3.29. The molecule has 0 radical (unpaired) electrons. The number of carbonyl (C=O) groups excluding carboxylic acids is 1.